The maximum Gasteiger partial charge on any atom is 0.416 e. The average Bonchev–Trinajstić information content (AvgIpc) is 3.42. The molecule has 0 bridgehead atoms. The first-order valence-corrected chi connectivity index (χ1v) is 10.0. The lowest BCUT2D eigenvalue weighted by atomic mass is 10.0. The van der Waals surface area contributed by atoms with Gasteiger partial charge in [0.15, 0.2) is 0 Å². The third-order valence-electron chi connectivity index (χ3n) is 5.24. The Bertz CT molecular complexity index is 1120. The average molecular weight is 449 g/mol. The number of ether oxygens (including phenoxy) is 2. The fourth-order valence-corrected chi connectivity index (χ4v) is 3.56. The minimum Gasteiger partial charge on any atom is -0.488 e. The van der Waals surface area contributed by atoms with Gasteiger partial charge in [-0.3, -0.25) is 4.79 Å². The van der Waals surface area contributed by atoms with E-state index in [0.29, 0.717) is 35.4 Å². The van der Waals surface area contributed by atoms with Gasteiger partial charge in [0.25, 0.3) is 5.91 Å². The molecule has 1 amide bonds. The number of nitrogens with one attached hydrogen (secondary N) is 1. The largest absolute Gasteiger partial charge is 0.488 e. The number of halogens is 3. The number of alkyl halides is 3. The number of hydrogen-bond acceptors (Lipinski definition) is 5. The van der Waals surface area contributed by atoms with Crippen LogP contribution in [0.2, 0.25) is 0 Å². The van der Waals surface area contributed by atoms with Crippen LogP contribution in [-0.2, 0) is 10.9 Å². The van der Waals surface area contributed by atoms with Gasteiger partial charge in [0.05, 0.1) is 36.6 Å². The SMILES string of the molecule is COn1cc2cc(O[C@H]3CCOC3)cc(C(=O)N[C@H](C)c3cccc(C(F)(F)F)c3)c2n1. The van der Waals surface area contributed by atoms with Crippen LogP contribution in [0.4, 0.5) is 13.2 Å². The third-order valence-corrected chi connectivity index (χ3v) is 5.24. The van der Waals surface area contributed by atoms with Gasteiger partial charge in [0.2, 0.25) is 0 Å². The first-order valence-electron chi connectivity index (χ1n) is 10.0. The Balaban J connectivity index is 1.62. The highest BCUT2D eigenvalue weighted by Gasteiger charge is 2.31. The number of carbonyl (C=O) groups is 1. The quantitative estimate of drug-likeness (QED) is 0.620. The molecule has 7 nitrogen and oxygen atoms in total. The number of fused-ring (bicyclic) bond motifs is 1. The molecule has 2 heterocycles. The highest BCUT2D eigenvalue weighted by atomic mass is 19.4. The van der Waals surface area contributed by atoms with Crippen molar-refractivity contribution in [2.75, 3.05) is 20.3 Å². The zero-order chi connectivity index (χ0) is 22.9. The van der Waals surface area contributed by atoms with Gasteiger partial charge in [-0.15, -0.1) is 9.94 Å². The molecule has 1 aliphatic rings. The number of aromatic nitrogens is 2. The smallest absolute Gasteiger partial charge is 0.416 e. The van der Waals surface area contributed by atoms with Gasteiger partial charge in [0.1, 0.15) is 24.5 Å². The van der Waals surface area contributed by atoms with Gasteiger partial charge in [-0.2, -0.15) is 13.2 Å². The monoisotopic (exact) mass is 449 g/mol. The Morgan fingerprint density at radius 1 is 1.31 bits per heavy atom. The Hall–Kier alpha value is -3.27. The van der Waals surface area contributed by atoms with E-state index in [1.807, 2.05) is 0 Å². The summed E-state index contributed by atoms with van der Waals surface area (Å²) in [7, 11) is 1.44. The minimum atomic E-state index is -4.46. The topological polar surface area (TPSA) is 74.6 Å². The summed E-state index contributed by atoms with van der Waals surface area (Å²) in [5, 5.41) is 7.64. The van der Waals surface area contributed by atoms with Crippen molar-refractivity contribution in [1.82, 2.24) is 15.3 Å². The third kappa shape index (κ3) is 4.64. The Morgan fingerprint density at radius 2 is 2.12 bits per heavy atom. The molecule has 1 N–H and O–H groups in total. The normalized spacial score (nSPS) is 17.3. The molecular formula is C22H22F3N3O4. The van der Waals surface area contributed by atoms with E-state index in [-0.39, 0.29) is 11.7 Å². The number of nitrogens with zero attached hydrogens (tertiary/aromatic N) is 2. The highest BCUT2D eigenvalue weighted by Crippen LogP contribution is 2.31. The molecular weight excluding hydrogens is 427 g/mol. The van der Waals surface area contributed by atoms with E-state index in [9.17, 15) is 18.0 Å². The van der Waals surface area contributed by atoms with E-state index in [1.165, 1.54) is 24.1 Å². The Kier molecular flexibility index (Phi) is 5.96. The minimum absolute atomic E-state index is 0.120. The molecule has 0 spiro atoms. The second kappa shape index (κ2) is 8.70. The lowest BCUT2D eigenvalue weighted by molar-refractivity contribution is -0.137. The first kappa shape index (κ1) is 21.9. The maximum absolute atomic E-state index is 13.1. The van der Waals surface area contributed by atoms with Crippen LogP contribution in [0, 0.1) is 0 Å². The van der Waals surface area contributed by atoms with Gasteiger partial charge >= 0.3 is 6.18 Å². The zero-order valence-electron chi connectivity index (χ0n) is 17.5. The number of benzene rings is 2. The first-order chi connectivity index (χ1) is 15.2. The van der Waals surface area contributed by atoms with E-state index < -0.39 is 23.7 Å². The molecule has 0 radical (unpaired) electrons. The van der Waals surface area contributed by atoms with Crippen LogP contribution in [0.1, 0.15) is 40.9 Å². The van der Waals surface area contributed by atoms with Gasteiger partial charge in [-0.05, 0) is 36.8 Å². The van der Waals surface area contributed by atoms with Crippen molar-refractivity contribution in [3.05, 3.63) is 59.3 Å². The molecule has 3 aromatic rings. The van der Waals surface area contributed by atoms with Gasteiger partial charge in [-0.1, -0.05) is 12.1 Å². The number of carbonyl (C=O) groups excluding carboxylic acids is 1. The van der Waals surface area contributed by atoms with Crippen LogP contribution in [0.15, 0.2) is 42.6 Å². The van der Waals surface area contributed by atoms with Crippen molar-refractivity contribution in [2.45, 2.75) is 31.7 Å². The van der Waals surface area contributed by atoms with Gasteiger partial charge in [0, 0.05) is 11.8 Å². The fraction of sp³-hybridized carbons (Fsp3) is 0.364. The van der Waals surface area contributed by atoms with Gasteiger partial charge < -0.3 is 19.6 Å². The maximum atomic E-state index is 13.1. The van der Waals surface area contributed by atoms with Crippen molar-refractivity contribution in [3.8, 4) is 5.75 Å². The van der Waals surface area contributed by atoms with Crippen LogP contribution >= 0.6 is 0 Å². The lowest BCUT2D eigenvalue weighted by Gasteiger charge is -2.17. The predicted molar refractivity (Wildman–Crippen MR) is 109 cm³/mol. The molecule has 1 saturated heterocycles. The molecule has 2 atom stereocenters. The van der Waals surface area contributed by atoms with Crippen LogP contribution in [0.3, 0.4) is 0 Å². The molecule has 1 aromatic heterocycles. The van der Waals surface area contributed by atoms with E-state index in [2.05, 4.69) is 10.4 Å². The highest BCUT2D eigenvalue weighted by molar-refractivity contribution is 6.06. The molecule has 0 aliphatic carbocycles. The standard InChI is InChI=1S/C22H22F3N3O4/c1-13(14-4-3-5-16(8-14)22(23,24)25)26-21(29)19-10-18(32-17-6-7-31-12-17)9-15-11-28(30-2)27-20(15)19/h3-5,8-11,13,17H,6-7,12H2,1-2H3,(H,26,29)/t13-,17+/m1/s1. The second-order valence-corrected chi connectivity index (χ2v) is 7.54. The number of rotatable bonds is 6. The van der Waals surface area contributed by atoms with Crippen LogP contribution in [-0.4, -0.2) is 42.3 Å². The van der Waals surface area contributed by atoms with Crippen LogP contribution in [0.5, 0.6) is 5.75 Å². The molecule has 0 saturated carbocycles. The molecule has 0 unspecified atom stereocenters. The van der Waals surface area contributed by atoms with E-state index >= 15 is 0 Å². The summed E-state index contributed by atoms with van der Waals surface area (Å²) in [6.45, 7) is 2.69. The summed E-state index contributed by atoms with van der Waals surface area (Å²) in [4.78, 5) is 19.4. The summed E-state index contributed by atoms with van der Waals surface area (Å²) in [6.07, 6.45) is -2.23. The summed E-state index contributed by atoms with van der Waals surface area (Å²) in [5.74, 6) is -0.0186. The molecule has 32 heavy (non-hydrogen) atoms. The second-order valence-electron chi connectivity index (χ2n) is 7.54. The number of hydrogen-bond donors (Lipinski definition) is 1. The van der Waals surface area contributed by atoms with Crippen LogP contribution < -0.4 is 14.9 Å². The van der Waals surface area contributed by atoms with Crippen molar-refractivity contribution < 1.29 is 32.3 Å². The van der Waals surface area contributed by atoms with Gasteiger partial charge in [-0.25, -0.2) is 0 Å². The molecule has 1 aliphatic heterocycles. The summed E-state index contributed by atoms with van der Waals surface area (Å²) in [5.41, 5.74) is 0.176. The summed E-state index contributed by atoms with van der Waals surface area (Å²) < 4.78 is 50.4. The van der Waals surface area contributed by atoms with E-state index in [0.717, 1.165) is 18.6 Å². The molecule has 10 heteroatoms. The Labute approximate surface area is 182 Å². The van der Waals surface area contributed by atoms with E-state index in [1.54, 1.807) is 25.3 Å². The van der Waals surface area contributed by atoms with Crippen molar-refractivity contribution in [3.63, 3.8) is 0 Å². The molecule has 2 aromatic carbocycles. The summed E-state index contributed by atoms with van der Waals surface area (Å²) in [6, 6.07) is 7.53. The van der Waals surface area contributed by atoms with Crippen molar-refractivity contribution in [1.29, 1.82) is 0 Å². The van der Waals surface area contributed by atoms with E-state index in [4.69, 9.17) is 14.3 Å². The molecule has 1 fully saturated rings. The number of amides is 1. The molecule has 4 rings (SSSR count). The lowest BCUT2D eigenvalue weighted by Crippen LogP contribution is -2.27. The van der Waals surface area contributed by atoms with Crippen LogP contribution in [0.25, 0.3) is 10.9 Å². The molecule has 170 valence electrons. The Morgan fingerprint density at radius 3 is 2.81 bits per heavy atom. The predicted octanol–water partition coefficient (Wildman–Crippen LogP) is 3.77. The fourth-order valence-electron chi connectivity index (χ4n) is 3.56. The zero-order valence-corrected chi connectivity index (χ0v) is 17.5. The summed E-state index contributed by atoms with van der Waals surface area (Å²) >= 11 is 0. The van der Waals surface area contributed by atoms with Crippen molar-refractivity contribution >= 4 is 16.8 Å². The van der Waals surface area contributed by atoms with Crippen molar-refractivity contribution in [2.24, 2.45) is 0 Å².